The van der Waals surface area contributed by atoms with Crippen LogP contribution in [0.3, 0.4) is 0 Å². The molecule has 0 bridgehead atoms. The van der Waals surface area contributed by atoms with E-state index in [0.717, 1.165) is 16.7 Å². The maximum Gasteiger partial charge on any atom is 0.239 e. The van der Waals surface area contributed by atoms with Crippen molar-refractivity contribution in [3.63, 3.8) is 0 Å². The third-order valence-electron chi connectivity index (χ3n) is 2.80. The fraction of sp³-hybridized carbons (Fsp3) is 0.286. The van der Waals surface area contributed by atoms with Crippen LogP contribution in [0.4, 0.5) is 0 Å². The molecule has 4 N–H and O–H groups in total. The van der Waals surface area contributed by atoms with Gasteiger partial charge in [-0.15, -0.1) is 0 Å². The number of rotatable bonds is 6. The predicted octanol–water partition coefficient (Wildman–Crippen LogP) is 0.166. The highest BCUT2D eigenvalue weighted by Crippen LogP contribution is 2.18. The summed E-state index contributed by atoms with van der Waals surface area (Å²) in [6, 6.07) is 9.70. The summed E-state index contributed by atoms with van der Waals surface area (Å²) in [6.45, 7) is 0.277. The van der Waals surface area contributed by atoms with Gasteiger partial charge in [-0.2, -0.15) is 0 Å². The monoisotopic (exact) mass is 275 g/mol. The minimum atomic E-state index is -0.350. The van der Waals surface area contributed by atoms with Crippen molar-refractivity contribution < 1.29 is 14.0 Å². The number of carbonyl (C=O) groups excluding carboxylic acids is 2. The van der Waals surface area contributed by atoms with E-state index in [2.05, 4.69) is 10.6 Å². The number of carbonyl (C=O) groups is 2. The topological polar surface area (TPSA) is 97.4 Å². The number of benzene rings is 1. The van der Waals surface area contributed by atoms with Crippen molar-refractivity contribution in [2.24, 2.45) is 5.73 Å². The number of furan rings is 1. The summed E-state index contributed by atoms with van der Waals surface area (Å²) >= 11 is 0. The molecule has 0 saturated carbocycles. The molecule has 6 nitrogen and oxygen atoms in total. The first kappa shape index (κ1) is 14.1. The first-order valence-electron chi connectivity index (χ1n) is 6.40. The van der Waals surface area contributed by atoms with E-state index in [0.29, 0.717) is 13.0 Å². The Kier molecular flexibility index (Phi) is 4.73. The van der Waals surface area contributed by atoms with Gasteiger partial charge in [0.2, 0.25) is 11.8 Å². The Labute approximate surface area is 116 Å². The number of amides is 2. The number of hydrogen-bond acceptors (Lipinski definition) is 4. The Morgan fingerprint density at radius 1 is 1.15 bits per heavy atom. The molecule has 0 aliphatic rings. The van der Waals surface area contributed by atoms with Crippen LogP contribution in [-0.2, 0) is 16.0 Å². The highest BCUT2D eigenvalue weighted by atomic mass is 16.3. The van der Waals surface area contributed by atoms with E-state index < -0.39 is 0 Å². The van der Waals surface area contributed by atoms with Gasteiger partial charge < -0.3 is 20.8 Å². The summed E-state index contributed by atoms with van der Waals surface area (Å²) in [5.74, 6) is 0.220. The second-order valence-electron chi connectivity index (χ2n) is 4.33. The first-order valence-corrected chi connectivity index (χ1v) is 6.40. The van der Waals surface area contributed by atoms with E-state index >= 15 is 0 Å². The molecule has 2 rings (SSSR count). The van der Waals surface area contributed by atoms with Gasteiger partial charge in [-0.3, -0.25) is 9.59 Å². The normalized spacial score (nSPS) is 10.4. The second kappa shape index (κ2) is 6.72. The standard InChI is InChI=1S/C14H17N3O3/c15-8-13(18)17-9-14(19)16-6-5-11-7-10-3-1-2-4-12(10)20-11/h1-4,7H,5-6,8-9,15H2,(H,16,19)(H,17,18). The molecule has 2 amide bonds. The van der Waals surface area contributed by atoms with Gasteiger partial charge in [0.1, 0.15) is 11.3 Å². The van der Waals surface area contributed by atoms with Gasteiger partial charge in [0, 0.05) is 18.4 Å². The van der Waals surface area contributed by atoms with Crippen molar-refractivity contribution in [3.8, 4) is 0 Å². The molecule has 0 aliphatic heterocycles. The van der Waals surface area contributed by atoms with E-state index in [1.165, 1.54) is 0 Å². The first-order chi connectivity index (χ1) is 9.69. The zero-order valence-corrected chi connectivity index (χ0v) is 11.0. The van der Waals surface area contributed by atoms with Gasteiger partial charge in [-0.25, -0.2) is 0 Å². The summed E-state index contributed by atoms with van der Waals surface area (Å²) in [4.78, 5) is 22.3. The van der Waals surface area contributed by atoms with Crippen LogP contribution in [0.2, 0.25) is 0 Å². The maximum absolute atomic E-state index is 11.4. The Morgan fingerprint density at radius 2 is 1.95 bits per heavy atom. The highest BCUT2D eigenvalue weighted by Gasteiger charge is 2.05. The van der Waals surface area contributed by atoms with Crippen LogP contribution in [0.5, 0.6) is 0 Å². The quantitative estimate of drug-likeness (QED) is 0.700. The van der Waals surface area contributed by atoms with Crippen molar-refractivity contribution in [1.82, 2.24) is 10.6 Å². The zero-order chi connectivity index (χ0) is 14.4. The highest BCUT2D eigenvalue weighted by molar-refractivity contribution is 5.85. The Bertz CT molecular complexity index is 573. The predicted molar refractivity (Wildman–Crippen MR) is 75.0 cm³/mol. The van der Waals surface area contributed by atoms with Gasteiger partial charge in [-0.1, -0.05) is 18.2 Å². The molecule has 0 atom stereocenters. The Morgan fingerprint density at radius 3 is 2.70 bits per heavy atom. The van der Waals surface area contributed by atoms with Crippen LogP contribution < -0.4 is 16.4 Å². The SMILES string of the molecule is NCC(=O)NCC(=O)NCCc1cc2ccccc2o1. The molecule has 0 fully saturated rings. The molecule has 0 unspecified atom stereocenters. The molecule has 0 aliphatic carbocycles. The minimum Gasteiger partial charge on any atom is -0.461 e. The summed E-state index contributed by atoms with van der Waals surface area (Å²) in [5.41, 5.74) is 5.95. The van der Waals surface area contributed by atoms with E-state index in [-0.39, 0.29) is 24.9 Å². The number of nitrogens with one attached hydrogen (secondary N) is 2. The molecular formula is C14H17N3O3. The average Bonchev–Trinajstić information content (AvgIpc) is 2.87. The van der Waals surface area contributed by atoms with E-state index in [4.69, 9.17) is 10.2 Å². The Hall–Kier alpha value is -2.34. The number of para-hydroxylation sites is 1. The van der Waals surface area contributed by atoms with Crippen LogP contribution in [0.25, 0.3) is 11.0 Å². The Balaban J connectivity index is 1.75. The fourth-order valence-electron chi connectivity index (χ4n) is 1.80. The molecule has 0 spiro atoms. The molecule has 6 heteroatoms. The molecule has 1 aromatic carbocycles. The summed E-state index contributed by atoms with van der Waals surface area (Å²) in [5, 5.41) is 6.15. The van der Waals surface area contributed by atoms with Crippen molar-refractivity contribution >= 4 is 22.8 Å². The summed E-state index contributed by atoms with van der Waals surface area (Å²) < 4.78 is 5.63. The molecule has 106 valence electrons. The minimum absolute atomic E-state index is 0.0594. The van der Waals surface area contributed by atoms with Crippen LogP contribution in [0, 0.1) is 0 Å². The van der Waals surface area contributed by atoms with Gasteiger partial charge in [0.15, 0.2) is 0 Å². The van der Waals surface area contributed by atoms with Crippen molar-refractivity contribution in [2.45, 2.75) is 6.42 Å². The summed E-state index contributed by atoms with van der Waals surface area (Å²) in [6.07, 6.45) is 0.602. The smallest absolute Gasteiger partial charge is 0.239 e. The molecule has 2 aromatic rings. The third-order valence-corrected chi connectivity index (χ3v) is 2.80. The lowest BCUT2D eigenvalue weighted by Crippen LogP contribution is -2.40. The number of hydrogen-bond donors (Lipinski definition) is 3. The van der Waals surface area contributed by atoms with Crippen molar-refractivity contribution in [1.29, 1.82) is 0 Å². The van der Waals surface area contributed by atoms with Gasteiger partial charge in [0.25, 0.3) is 0 Å². The molecular weight excluding hydrogens is 258 g/mol. The average molecular weight is 275 g/mol. The molecule has 20 heavy (non-hydrogen) atoms. The van der Waals surface area contributed by atoms with Crippen LogP contribution in [0.15, 0.2) is 34.7 Å². The maximum atomic E-state index is 11.4. The van der Waals surface area contributed by atoms with Gasteiger partial charge in [-0.05, 0) is 12.1 Å². The zero-order valence-electron chi connectivity index (χ0n) is 11.0. The molecule has 0 saturated heterocycles. The molecule has 1 heterocycles. The van der Waals surface area contributed by atoms with Crippen LogP contribution >= 0.6 is 0 Å². The number of nitrogens with two attached hydrogens (primary N) is 1. The fourth-order valence-corrected chi connectivity index (χ4v) is 1.80. The van der Waals surface area contributed by atoms with Gasteiger partial charge in [0.05, 0.1) is 13.1 Å². The lowest BCUT2D eigenvalue weighted by atomic mass is 10.2. The largest absolute Gasteiger partial charge is 0.461 e. The summed E-state index contributed by atoms with van der Waals surface area (Å²) in [7, 11) is 0. The lowest BCUT2D eigenvalue weighted by molar-refractivity contribution is -0.125. The van der Waals surface area contributed by atoms with E-state index in [1.807, 2.05) is 30.3 Å². The molecule has 1 aromatic heterocycles. The van der Waals surface area contributed by atoms with E-state index in [1.54, 1.807) is 0 Å². The lowest BCUT2D eigenvalue weighted by Gasteiger charge is -2.04. The van der Waals surface area contributed by atoms with Crippen molar-refractivity contribution in [2.75, 3.05) is 19.6 Å². The van der Waals surface area contributed by atoms with E-state index in [9.17, 15) is 9.59 Å². The van der Waals surface area contributed by atoms with Crippen molar-refractivity contribution in [3.05, 3.63) is 36.1 Å². The van der Waals surface area contributed by atoms with Crippen LogP contribution in [0.1, 0.15) is 5.76 Å². The number of fused-ring (bicyclic) bond motifs is 1. The second-order valence-corrected chi connectivity index (χ2v) is 4.33. The van der Waals surface area contributed by atoms with Crippen LogP contribution in [-0.4, -0.2) is 31.4 Å². The third kappa shape index (κ3) is 3.83. The van der Waals surface area contributed by atoms with Gasteiger partial charge >= 0.3 is 0 Å². The molecule has 0 radical (unpaired) electrons.